The summed E-state index contributed by atoms with van der Waals surface area (Å²) in [5, 5.41) is 9.11. The second-order valence-corrected chi connectivity index (χ2v) is 6.13. The molecular weight excluding hydrogens is 292 g/mol. The summed E-state index contributed by atoms with van der Waals surface area (Å²) < 4.78 is 9.21. The lowest BCUT2D eigenvalue weighted by atomic mass is 10.2. The average Bonchev–Trinajstić information content (AvgIpc) is 3.32. The van der Waals surface area contributed by atoms with E-state index in [1.54, 1.807) is 0 Å². The minimum atomic E-state index is 0.640. The average molecular weight is 310 g/mol. The van der Waals surface area contributed by atoms with Crippen LogP contribution in [0, 0.1) is 0 Å². The highest BCUT2D eigenvalue weighted by Crippen LogP contribution is 2.23. The van der Waals surface area contributed by atoms with Crippen LogP contribution < -0.4 is 4.90 Å². The molecule has 118 valence electrons. The summed E-state index contributed by atoms with van der Waals surface area (Å²) in [5.74, 6) is 1.03. The quantitative estimate of drug-likeness (QED) is 0.719. The molecule has 0 bridgehead atoms. The number of nitrogens with zero attached hydrogens (tertiary/aromatic N) is 6. The molecule has 7 nitrogen and oxygen atoms in total. The minimum absolute atomic E-state index is 0.640. The van der Waals surface area contributed by atoms with Crippen molar-refractivity contribution in [2.75, 3.05) is 24.6 Å². The van der Waals surface area contributed by atoms with Gasteiger partial charge in [-0.2, -0.15) is 10.2 Å². The normalized spacial score (nSPS) is 17.8. The van der Waals surface area contributed by atoms with Gasteiger partial charge in [0.15, 0.2) is 5.65 Å². The zero-order chi connectivity index (χ0) is 15.2. The first-order chi connectivity index (χ1) is 11.4. The smallest absolute Gasteiger partial charge is 0.183 e. The van der Waals surface area contributed by atoms with Crippen LogP contribution in [-0.4, -0.2) is 44.1 Å². The lowest BCUT2D eigenvalue weighted by Gasteiger charge is -2.16. The summed E-state index contributed by atoms with van der Waals surface area (Å²) in [6.07, 6.45) is 9.20. The van der Waals surface area contributed by atoms with Gasteiger partial charge in [0.1, 0.15) is 11.5 Å². The highest BCUT2D eigenvalue weighted by molar-refractivity contribution is 5.61. The SMILES string of the molecule is c1cn2ncc(-n3cc4c(n3)CCOC4)c2nc1N1CCCC1. The Hall–Kier alpha value is -2.41. The third-order valence-electron chi connectivity index (χ3n) is 4.63. The van der Waals surface area contributed by atoms with Gasteiger partial charge < -0.3 is 9.64 Å². The van der Waals surface area contributed by atoms with Crippen LogP contribution in [0.15, 0.2) is 24.7 Å². The van der Waals surface area contributed by atoms with Gasteiger partial charge in [-0.05, 0) is 18.9 Å². The summed E-state index contributed by atoms with van der Waals surface area (Å²) in [4.78, 5) is 7.17. The largest absolute Gasteiger partial charge is 0.376 e. The number of fused-ring (bicyclic) bond motifs is 2. The lowest BCUT2D eigenvalue weighted by molar-refractivity contribution is 0.110. The molecule has 5 heterocycles. The summed E-state index contributed by atoms with van der Waals surface area (Å²) in [7, 11) is 0. The van der Waals surface area contributed by atoms with E-state index in [1.807, 2.05) is 33.9 Å². The number of aromatic nitrogens is 5. The van der Waals surface area contributed by atoms with E-state index in [1.165, 1.54) is 12.8 Å². The van der Waals surface area contributed by atoms with E-state index in [0.29, 0.717) is 6.61 Å². The molecule has 0 unspecified atom stereocenters. The number of hydrogen-bond acceptors (Lipinski definition) is 5. The van der Waals surface area contributed by atoms with Gasteiger partial charge in [0.2, 0.25) is 0 Å². The first-order valence-corrected chi connectivity index (χ1v) is 8.13. The molecular formula is C16H18N6O. The van der Waals surface area contributed by atoms with Crippen LogP contribution in [0.2, 0.25) is 0 Å². The molecule has 2 aliphatic rings. The summed E-state index contributed by atoms with van der Waals surface area (Å²) >= 11 is 0. The Balaban J connectivity index is 1.60. The molecule has 5 rings (SSSR count). The summed E-state index contributed by atoms with van der Waals surface area (Å²) in [6, 6.07) is 2.04. The van der Waals surface area contributed by atoms with E-state index in [9.17, 15) is 0 Å². The molecule has 0 spiro atoms. The predicted molar refractivity (Wildman–Crippen MR) is 84.9 cm³/mol. The van der Waals surface area contributed by atoms with Gasteiger partial charge >= 0.3 is 0 Å². The summed E-state index contributed by atoms with van der Waals surface area (Å²) in [6.45, 7) is 3.55. The van der Waals surface area contributed by atoms with E-state index in [2.05, 4.69) is 10.00 Å². The predicted octanol–water partition coefficient (Wildman–Crippen LogP) is 1.59. The molecule has 0 radical (unpaired) electrons. The Bertz CT molecular complexity index is 837. The van der Waals surface area contributed by atoms with Crippen LogP contribution in [0.1, 0.15) is 24.1 Å². The first-order valence-electron chi connectivity index (χ1n) is 8.13. The molecule has 0 amide bonds. The maximum atomic E-state index is 5.50. The number of rotatable bonds is 2. The fraction of sp³-hybridized carbons (Fsp3) is 0.438. The Morgan fingerprint density at radius 3 is 2.96 bits per heavy atom. The maximum absolute atomic E-state index is 5.50. The topological polar surface area (TPSA) is 60.5 Å². The van der Waals surface area contributed by atoms with Crippen molar-refractivity contribution >= 4 is 11.5 Å². The molecule has 0 aliphatic carbocycles. The fourth-order valence-electron chi connectivity index (χ4n) is 3.38. The van der Waals surface area contributed by atoms with Crippen LogP contribution in [0.5, 0.6) is 0 Å². The van der Waals surface area contributed by atoms with E-state index in [0.717, 1.165) is 54.5 Å². The van der Waals surface area contributed by atoms with Crippen molar-refractivity contribution in [1.29, 1.82) is 0 Å². The van der Waals surface area contributed by atoms with Crippen LogP contribution >= 0.6 is 0 Å². The molecule has 23 heavy (non-hydrogen) atoms. The molecule has 0 atom stereocenters. The van der Waals surface area contributed by atoms with Gasteiger partial charge in [-0.15, -0.1) is 0 Å². The van der Waals surface area contributed by atoms with Gasteiger partial charge in [0, 0.05) is 37.5 Å². The first kappa shape index (κ1) is 13.1. The van der Waals surface area contributed by atoms with Crippen molar-refractivity contribution in [2.45, 2.75) is 25.9 Å². The minimum Gasteiger partial charge on any atom is -0.376 e. The second-order valence-electron chi connectivity index (χ2n) is 6.13. The molecule has 0 N–H and O–H groups in total. The highest BCUT2D eigenvalue weighted by Gasteiger charge is 2.19. The summed E-state index contributed by atoms with van der Waals surface area (Å²) in [5.41, 5.74) is 4.04. The Labute approximate surface area is 133 Å². The van der Waals surface area contributed by atoms with Gasteiger partial charge in [-0.25, -0.2) is 14.2 Å². The van der Waals surface area contributed by atoms with Gasteiger partial charge in [0.25, 0.3) is 0 Å². The maximum Gasteiger partial charge on any atom is 0.183 e. The zero-order valence-corrected chi connectivity index (χ0v) is 12.9. The van der Waals surface area contributed by atoms with Gasteiger partial charge in [-0.3, -0.25) is 0 Å². The molecule has 1 saturated heterocycles. The molecule has 3 aromatic heterocycles. The fourth-order valence-corrected chi connectivity index (χ4v) is 3.38. The Morgan fingerprint density at radius 2 is 2.09 bits per heavy atom. The van der Waals surface area contributed by atoms with Crippen LogP contribution in [-0.2, 0) is 17.8 Å². The Kier molecular flexibility index (Phi) is 2.87. The van der Waals surface area contributed by atoms with Crippen LogP contribution in [0.3, 0.4) is 0 Å². The highest BCUT2D eigenvalue weighted by atomic mass is 16.5. The van der Waals surface area contributed by atoms with Crippen molar-refractivity contribution in [3.05, 3.63) is 35.9 Å². The second kappa shape index (κ2) is 5.06. The molecule has 0 saturated carbocycles. The Morgan fingerprint density at radius 1 is 1.17 bits per heavy atom. The van der Waals surface area contributed by atoms with E-state index < -0.39 is 0 Å². The van der Waals surface area contributed by atoms with E-state index in [4.69, 9.17) is 14.8 Å². The molecule has 2 aliphatic heterocycles. The third-order valence-corrected chi connectivity index (χ3v) is 4.63. The third kappa shape index (κ3) is 2.11. The van der Waals surface area contributed by atoms with Gasteiger partial charge in [-0.1, -0.05) is 0 Å². The zero-order valence-electron chi connectivity index (χ0n) is 12.9. The standard InChI is InChI=1S/C16H18N6O/c1-2-6-20(5-1)15-3-7-21-16(18-15)14(9-17-21)22-10-12-11-23-8-4-13(12)19-22/h3,7,9-10H,1-2,4-6,8,11H2. The number of hydrogen-bond donors (Lipinski definition) is 0. The van der Waals surface area contributed by atoms with Crippen molar-refractivity contribution in [1.82, 2.24) is 24.4 Å². The van der Waals surface area contributed by atoms with Gasteiger partial charge in [0.05, 0.1) is 25.1 Å². The van der Waals surface area contributed by atoms with E-state index in [-0.39, 0.29) is 0 Å². The van der Waals surface area contributed by atoms with Crippen molar-refractivity contribution in [3.63, 3.8) is 0 Å². The van der Waals surface area contributed by atoms with Crippen LogP contribution in [0.4, 0.5) is 5.82 Å². The molecule has 1 fully saturated rings. The molecule has 7 heteroatoms. The number of ether oxygens (including phenoxy) is 1. The monoisotopic (exact) mass is 310 g/mol. The van der Waals surface area contributed by atoms with Crippen molar-refractivity contribution in [2.24, 2.45) is 0 Å². The molecule has 3 aromatic rings. The van der Waals surface area contributed by atoms with Crippen molar-refractivity contribution < 1.29 is 4.74 Å². The van der Waals surface area contributed by atoms with Crippen LogP contribution in [0.25, 0.3) is 11.3 Å². The van der Waals surface area contributed by atoms with Crippen molar-refractivity contribution in [3.8, 4) is 5.69 Å². The number of anilines is 1. The lowest BCUT2D eigenvalue weighted by Crippen LogP contribution is -2.19. The van der Waals surface area contributed by atoms with E-state index >= 15 is 0 Å². The molecule has 0 aromatic carbocycles.